The first-order chi connectivity index (χ1) is 16.4. The zero-order valence-electron chi connectivity index (χ0n) is 19.1. The zero-order chi connectivity index (χ0) is 27.5. The van der Waals surface area contributed by atoms with E-state index in [0.29, 0.717) is 11.1 Å². The highest BCUT2D eigenvalue weighted by Crippen LogP contribution is 2.38. The van der Waals surface area contributed by atoms with Gasteiger partial charge in [-0.25, -0.2) is 8.42 Å². The van der Waals surface area contributed by atoms with Gasteiger partial charge in [-0.3, -0.25) is 4.79 Å². The number of benzene rings is 2. The summed E-state index contributed by atoms with van der Waals surface area (Å²) in [5.41, 5.74) is 0.838. The van der Waals surface area contributed by atoms with Crippen molar-refractivity contribution >= 4 is 44.9 Å². The molecule has 0 aliphatic rings. The first kappa shape index (κ1) is 30.2. The minimum atomic E-state index is -4.87. The Morgan fingerprint density at radius 3 is 2.08 bits per heavy atom. The SMILES string of the molecule is Cc1cc(/C=C/C(c2cc(Cl)cc(Cl)c2)C(F)(F)F)ccc1C(=O)C[C@H](C)CS(=O)(=O)CC(F)(F)F. The lowest BCUT2D eigenvalue weighted by molar-refractivity contribution is -0.139. The number of carbonyl (C=O) groups excluding carboxylic acids is 1. The molecule has 0 N–H and O–H groups in total. The van der Waals surface area contributed by atoms with Crippen molar-refractivity contribution in [2.75, 3.05) is 11.5 Å². The third-order valence-corrected chi connectivity index (χ3v) is 7.37. The Morgan fingerprint density at radius 2 is 1.58 bits per heavy atom. The van der Waals surface area contributed by atoms with Crippen molar-refractivity contribution in [3.63, 3.8) is 0 Å². The molecule has 0 radical (unpaired) electrons. The van der Waals surface area contributed by atoms with E-state index in [1.165, 1.54) is 49.4 Å². The largest absolute Gasteiger partial charge is 0.402 e. The average Bonchev–Trinajstić information content (AvgIpc) is 2.63. The maximum Gasteiger partial charge on any atom is 0.402 e. The standard InChI is InChI=1S/C24H22Cl2F6O3S/c1-14(12-36(34,35)13-23(27,28)29)7-22(33)20-5-3-16(8-15(20)2)4-6-21(24(30,31)32)17-9-18(25)11-19(26)10-17/h3-6,8-11,14,21H,7,12-13H2,1-2H3/b6-4+/t14-,21?/m0/s1. The first-order valence-corrected chi connectivity index (χ1v) is 13.1. The third kappa shape index (κ3) is 9.44. The lowest BCUT2D eigenvalue weighted by atomic mass is 9.94. The van der Waals surface area contributed by atoms with Crippen molar-refractivity contribution < 1.29 is 39.6 Å². The lowest BCUT2D eigenvalue weighted by Crippen LogP contribution is -2.28. The highest BCUT2D eigenvalue weighted by Gasteiger charge is 2.39. The minimum Gasteiger partial charge on any atom is -0.294 e. The van der Waals surface area contributed by atoms with Gasteiger partial charge in [-0.05, 0) is 47.7 Å². The lowest BCUT2D eigenvalue weighted by Gasteiger charge is -2.18. The fourth-order valence-electron chi connectivity index (χ4n) is 3.70. The Morgan fingerprint density at radius 1 is 1.00 bits per heavy atom. The Balaban J connectivity index is 2.18. The number of carbonyl (C=O) groups is 1. The molecule has 36 heavy (non-hydrogen) atoms. The smallest absolute Gasteiger partial charge is 0.294 e. The van der Waals surface area contributed by atoms with Gasteiger partial charge in [0, 0.05) is 22.0 Å². The first-order valence-electron chi connectivity index (χ1n) is 10.5. The summed E-state index contributed by atoms with van der Waals surface area (Å²) in [5.74, 6) is -6.10. The molecule has 0 fully saturated rings. The maximum atomic E-state index is 13.7. The average molecular weight is 575 g/mol. The summed E-state index contributed by atoms with van der Waals surface area (Å²) < 4.78 is 102. The summed E-state index contributed by atoms with van der Waals surface area (Å²) in [6.45, 7) is 2.91. The monoisotopic (exact) mass is 574 g/mol. The molecule has 0 saturated carbocycles. The van der Waals surface area contributed by atoms with Crippen LogP contribution in [0.5, 0.6) is 0 Å². The van der Waals surface area contributed by atoms with Crippen LogP contribution < -0.4 is 0 Å². The van der Waals surface area contributed by atoms with Crippen molar-refractivity contribution in [3.05, 3.63) is 74.8 Å². The van der Waals surface area contributed by atoms with Gasteiger partial charge in [0.2, 0.25) is 0 Å². The van der Waals surface area contributed by atoms with Gasteiger partial charge in [0.25, 0.3) is 0 Å². The molecule has 0 aliphatic carbocycles. The number of sulfone groups is 1. The van der Waals surface area contributed by atoms with E-state index in [0.717, 1.165) is 6.08 Å². The number of aryl methyl sites for hydroxylation is 1. The van der Waals surface area contributed by atoms with Gasteiger partial charge in [-0.1, -0.05) is 60.5 Å². The predicted octanol–water partition coefficient (Wildman–Crippen LogP) is 7.85. The molecule has 0 aromatic heterocycles. The predicted molar refractivity (Wildman–Crippen MR) is 128 cm³/mol. The molecule has 3 nitrogen and oxygen atoms in total. The summed E-state index contributed by atoms with van der Waals surface area (Å²) in [6.07, 6.45) is -7.63. The van der Waals surface area contributed by atoms with Crippen LogP contribution in [0.3, 0.4) is 0 Å². The molecule has 2 aromatic carbocycles. The highest BCUT2D eigenvalue weighted by molar-refractivity contribution is 7.91. The molecule has 0 saturated heterocycles. The zero-order valence-corrected chi connectivity index (χ0v) is 21.4. The van der Waals surface area contributed by atoms with E-state index in [9.17, 15) is 39.6 Å². The van der Waals surface area contributed by atoms with E-state index < -0.39 is 51.3 Å². The van der Waals surface area contributed by atoms with E-state index in [1.807, 2.05) is 0 Å². The molecule has 1 unspecified atom stereocenters. The Hall–Kier alpha value is -2.04. The number of halogens is 8. The van der Waals surface area contributed by atoms with Gasteiger partial charge in [-0.15, -0.1) is 0 Å². The van der Waals surface area contributed by atoms with E-state index in [1.54, 1.807) is 6.92 Å². The molecule has 0 spiro atoms. The number of Topliss-reactive ketones (excluding diaryl/α,β-unsaturated/α-hetero) is 1. The van der Waals surface area contributed by atoms with Crippen molar-refractivity contribution in [2.24, 2.45) is 5.92 Å². The van der Waals surface area contributed by atoms with Gasteiger partial charge < -0.3 is 0 Å². The number of hydrogen-bond donors (Lipinski definition) is 0. The molecule has 2 atom stereocenters. The second-order valence-corrected chi connectivity index (χ2v) is 11.5. The van der Waals surface area contributed by atoms with Gasteiger partial charge in [0.15, 0.2) is 15.6 Å². The van der Waals surface area contributed by atoms with Gasteiger partial charge in [-0.2, -0.15) is 26.3 Å². The van der Waals surface area contributed by atoms with Crippen LogP contribution in [0.2, 0.25) is 10.0 Å². The maximum absolute atomic E-state index is 13.7. The van der Waals surface area contributed by atoms with Crippen molar-refractivity contribution in [1.82, 2.24) is 0 Å². The molecule has 0 heterocycles. The van der Waals surface area contributed by atoms with Crippen LogP contribution >= 0.6 is 23.2 Å². The molecule has 198 valence electrons. The quantitative estimate of drug-likeness (QED) is 0.226. The van der Waals surface area contributed by atoms with Crippen molar-refractivity contribution in [2.45, 2.75) is 38.5 Å². The second-order valence-electron chi connectivity index (χ2n) is 8.56. The third-order valence-electron chi connectivity index (χ3n) is 5.08. The minimum absolute atomic E-state index is 0.0549. The van der Waals surface area contributed by atoms with Crippen LogP contribution in [0, 0.1) is 12.8 Å². The van der Waals surface area contributed by atoms with E-state index >= 15 is 0 Å². The Kier molecular flexibility index (Phi) is 9.70. The van der Waals surface area contributed by atoms with E-state index in [-0.39, 0.29) is 27.6 Å². The molecular formula is C24H22Cl2F6O3S. The summed E-state index contributed by atoms with van der Waals surface area (Å²) in [7, 11) is -4.43. The number of allylic oxidation sites excluding steroid dienone is 1. The van der Waals surface area contributed by atoms with Crippen LogP contribution in [0.15, 0.2) is 42.5 Å². The number of hydrogen-bond acceptors (Lipinski definition) is 3. The van der Waals surface area contributed by atoms with Gasteiger partial charge in [0.1, 0.15) is 5.75 Å². The van der Waals surface area contributed by atoms with E-state index in [2.05, 4.69) is 0 Å². The number of rotatable bonds is 9. The van der Waals surface area contributed by atoms with Crippen LogP contribution in [0.1, 0.15) is 46.3 Å². The van der Waals surface area contributed by atoms with Gasteiger partial charge in [0.05, 0.1) is 11.7 Å². The summed E-state index contributed by atoms with van der Waals surface area (Å²) >= 11 is 11.7. The van der Waals surface area contributed by atoms with E-state index in [4.69, 9.17) is 23.2 Å². The number of alkyl halides is 6. The summed E-state index contributed by atoms with van der Waals surface area (Å²) in [6, 6.07) is 7.92. The highest BCUT2D eigenvalue weighted by atomic mass is 35.5. The molecular weight excluding hydrogens is 553 g/mol. The van der Waals surface area contributed by atoms with Crippen LogP contribution in [0.4, 0.5) is 26.3 Å². The topological polar surface area (TPSA) is 51.2 Å². The normalized spacial score (nSPS) is 14.7. The van der Waals surface area contributed by atoms with Gasteiger partial charge >= 0.3 is 12.4 Å². The van der Waals surface area contributed by atoms with Crippen LogP contribution in [-0.2, 0) is 9.84 Å². The molecule has 0 amide bonds. The molecule has 0 bridgehead atoms. The number of ketones is 1. The van der Waals surface area contributed by atoms with Crippen LogP contribution in [-0.4, -0.2) is 38.1 Å². The second kappa shape index (κ2) is 11.6. The Labute approximate surface area is 215 Å². The van der Waals surface area contributed by atoms with Crippen molar-refractivity contribution in [3.8, 4) is 0 Å². The molecule has 0 aliphatic heterocycles. The molecule has 2 aromatic rings. The van der Waals surface area contributed by atoms with Crippen LogP contribution in [0.25, 0.3) is 6.08 Å². The molecule has 2 rings (SSSR count). The summed E-state index contributed by atoms with van der Waals surface area (Å²) in [5, 5.41) is 0.110. The molecule has 12 heteroatoms. The summed E-state index contributed by atoms with van der Waals surface area (Å²) in [4.78, 5) is 12.6. The fourth-order valence-corrected chi connectivity index (χ4v) is 5.85. The Bertz CT molecular complexity index is 1220. The fraction of sp³-hybridized carbons (Fsp3) is 0.375. The van der Waals surface area contributed by atoms with Crippen molar-refractivity contribution in [1.29, 1.82) is 0 Å².